The van der Waals surface area contributed by atoms with E-state index in [-0.39, 0.29) is 17.6 Å². The molecule has 0 aliphatic carbocycles. The first-order valence-electron chi connectivity index (χ1n) is 5.02. The summed E-state index contributed by atoms with van der Waals surface area (Å²) in [6.07, 6.45) is 3.35. The fraction of sp³-hybridized carbons (Fsp3) is 0.889. The Balaban J connectivity index is 1.71. The van der Waals surface area contributed by atoms with Gasteiger partial charge in [-0.2, -0.15) is 0 Å². The Morgan fingerprint density at radius 1 is 1.50 bits per heavy atom. The molecule has 0 aromatic rings. The fourth-order valence-electron chi connectivity index (χ4n) is 1.60. The summed E-state index contributed by atoms with van der Waals surface area (Å²) < 4.78 is 11.2. The predicted octanol–water partition coefficient (Wildman–Crippen LogP) is 1.35. The van der Waals surface area contributed by atoms with Gasteiger partial charge in [0.15, 0.2) is 6.29 Å². The number of hydrogen-bond donors (Lipinski definition) is 1. The molecule has 2 aliphatic heterocycles. The van der Waals surface area contributed by atoms with E-state index >= 15 is 0 Å². The minimum Gasteiger partial charge on any atom is -0.353 e. The van der Waals surface area contributed by atoms with Gasteiger partial charge in [-0.1, -0.05) is 11.8 Å². The van der Waals surface area contributed by atoms with Crippen molar-refractivity contribution in [2.24, 2.45) is 0 Å². The number of ether oxygens (including phenoxy) is 2. The second kappa shape index (κ2) is 5.00. The summed E-state index contributed by atoms with van der Waals surface area (Å²) in [5, 5.41) is 2.82. The van der Waals surface area contributed by atoms with Crippen LogP contribution in [0.1, 0.15) is 19.3 Å². The molecule has 1 N–H and O–H groups in total. The fourth-order valence-corrected chi connectivity index (χ4v) is 2.32. The van der Waals surface area contributed by atoms with Gasteiger partial charge in [-0.05, 0) is 19.3 Å². The Morgan fingerprint density at radius 3 is 3.07 bits per heavy atom. The molecule has 1 amide bonds. The van der Waals surface area contributed by atoms with Crippen LogP contribution < -0.4 is 5.32 Å². The van der Waals surface area contributed by atoms with Gasteiger partial charge in [-0.3, -0.25) is 4.79 Å². The third-order valence-corrected chi connectivity index (χ3v) is 3.30. The highest BCUT2D eigenvalue weighted by molar-refractivity contribution is 8.13. The van der Waals surface area contributed by atoms with Crippen LogP contribution in [0.4, 0.5) is 4.79 Å². The number of carbonyl (C=O) groups excluding carboxylic acids is 1. The van der Waals surface area contributed by atoms with Crippen LogP contribution in [0.2, 0.25) is 0 Å². The van der Waals surface area contributed by atoms with Crippen LogP contribution in [0, 0.1) is 0 Å². The second-order valence-electron chi connectivity index (χ2n) is 3.53. The zero-order valence-electron chi connectivity index (χ0n) is 8.03. The van der Waals surface area contributed by atoms with E-state index in [0.29, 0.717) is 6.54 Å². The van der Waals surface area contributed by atoms with Crippen LogP contribution in [0.25, 0.3) is 0 Å². The molecule has 2 atom stereocenters. The molecule has 80 valence electrons. The molecule has 0 bridgehead atoms. The summed E-state index contributed by atoms with van der Waals surface area (Å²) >= 11 is 1.28. The highest BCUT2D eigenvalue weighted by atomic mass is 32.2. The summed E-state index contributed by atoms with van der Waals surface area (Å²) in [7, 11) is 0. The van der Waals surface area contributed by atoms with Crippen molar-refractivity contribution in [3.63, 3.8) is 0 Å². The zero-order chi connectivity index (χ0) is 9.80. The molecule has 0 saturated carbocycles. The second-order valence-corrected chi connectivity index (χ2v) is 4.53. The van der Waals surface area contributed by atoms with Crippen molar-refractivity contribution in [3.05, 3.63) is 0 Å². The molecular weight excluding hydrogens is 202 g/mol. The van der Waals surface area contributed by atoms with Gasteiger partial charge in [0.25, 0.3) is 5.24 Å². The third-order valence-electron chi connectivity index (χ3n) is 2.36. The zero-order valence-corrected chi connectivity index (χ0v) is 8.85. The first-order valence-corrected chi connectivity index (χ1v) is 6.01. The molecule has 2 unspecified atom stereocenters. The van der Waals surface area contributed by atoms with Gasteiger partial charge < -0.3 is 14.8 Å². The Bertz CT molecular complexity index is 196. The smallest absolute Gasteiger partial charge is 0.279 e. The van der Waals surface area contributed by atoms with E-state index in [9.17, 15) is 4.79 Å². The van der Waals surface area contributed by atoms with Crippen molar-refractivity contribution in [1.29, 1.82) is 0 Å². The maximum atomic E-state index is 10.9. The summed E-state index contributed by atoms with van der Waals surface area (Å²) in [6.45, 7) is 1.42. The van der Waals surface area contributed by atoms with Gasteiger partial charge in [0.05, 0.1) is 6.10 Å². The summed E-state index contributed by atoms with van der Waals surface area (Å²) in [6, 6.07) is 0. The molecule has 5 heteroatoms. The molecule has 2 saturated heterocycles. The lowest BCUT2D eigenvalue weighted by atomic mass is 10.2. The Kier molecular flexibility index (Phi) is 3.67. The van der Waals surface area contributed by atoms with Crippen molar-refractivity contribution < 1.29 is 14.3 Å². The number of rotatable bonds is 2. The van der Waals surface area contributed by atoms with Gasteiger partial charge in [0, 0.05) is 18.9 Å². The lowest BCUT2D eigenvalue weighted by Gasteiger charge is -2.29. The number of amides is 1. The Labute approximate surface area is 87.7 Å². The maximum Gasteiger partial charge on any atom is 0.279 e. The first-order chi connectivity index (χ1) is 6.84. The number of carbonyl (C=O) groups is 1. The van der Waals surface area contributed by atoms with Crippen LogP contribution in [0.3, 0.4) is 0 Å². The Hall–Kier alpha value is -0.260. The lowest BCUT2D eigenvalue weighted by molar-refractivity contribution is -0.182. The lowest BCUT2D eigenvalue weighted by Crippen LogP contribution is -2.41. The van der Waals surface area contributed by atoms with E-state index < -0.39 is 0 Å². The normalized spacial score (nSPS) is 33.9. The summed E-state index contributed by atoms with van der Waals surface area (Å²) in [4.78, 5) is 10.9. The highest BCUT2D eigenvalue weighted by Gasteiger charge is 2.24. The predicted molar refractivity (Wildman–Crippen MR) is 54.3 cm³/mol. The molecule has 0 radical (unpaired) electrons. The van der Waals surface area contributed by atoms with Crippen molar-refractivity contribution >= 4 is 17.0 Å². The van der Waals surface area contributed by atoms with E-state index in [4.69, 9.17) is 9.47 Å². The van der Waals surface area contributed by atoms with Gasteiger partial charge in [0.1, 0.15) is 0 Å². The van der Waals surface area contributed by atoms with Crippen molar-refractivity contribution in [2.45, 2.75) is 31.7 Å². The highest BCUT2D eigenvalue weighted by Crippen LogP contribution is 2.19. The average molecular weight is 217 g/mol. The van der Waals surface area contributed by atoms with Gasteiger partial charge >= 0.3 is 0 Å². The summed E-state index contributed by atoms with van der Waals surface area (Å²) in [5.41, 5.74) is 0. The molecule has 0 spiro atoms. The SMILES string of the molecule is O=C1NCC(OC2CCCCO2)CS1. The van der Waals surface area contributed by atoms with E-state index in [1.165, 1.54) is 18.2 Å². The third kappa shape index (κ3) is 2.87. The molecule has 14 heavy (non-hydrogen) atoms. The van der Waals surface area contributed by atoms with Crippen molar-refractivity contribution in [2.75, 3.05) is 18.9 Å². The van der Waals surface area contributed by atoms with E-state index in [1.807, 2.05) is 0 Å². The van der Waals surface area contributed by atoms with Crippen molar-refractivity contribution in [1.82, 2.24) is 5.32 Å². The molecule has 2 fully saturated rings. The molecule has 2 heterocycles. The van der Waals surface area contributed by atoms with Crippen molar-refractivity contribution in [3.8, 4) is 0 Å². The van der Waals surface area contributed by atoms with Crippen LogP contribution in [-0.4, -0.2) is 36.5 Å². The maximum absolute atomic E-state index is 10.9. The summed E-state index contributed by atoms with van der Waals surface area (Å²) in [5.74, 6) is 0.742. The van der Waals surface area contributed by atoms with Gasteiger partial charge in [-0.25, -0.2) is 0 Å². The molecule has 2 aliphatic rings. The Morgan fingerprint density at radius 2 is 2.43 bits per heavy atom. The van der Waals surface area contributed by atoms with E-state index in [0.717, 1.165) is 25.2 Å². The average Bonchev–Trinajstić information content (AvgIpc) is 2.23. The van der Waals surface area contributed by atoms with Gasteiger partial charge in [-0.15, -0.1) is 0 Å². The molecular formula is C9H15NO3S. The molecule has 0 aromatic heterocycles. The quantitative estimate of drug-likeness (QED) is 0.758. The number of hydrogen-bond acceptors (Lipinski definition) is 4. The van der Waals surface area contributed by atoms with Crippen LogP contribution >= 0.6 is 11.8 Å². The monoisotopic (exact) mass is 217 g/mol. The van der Waals surface area contributed by atoms with Crippen LogP contribution in [-0.2, 0) is 9.47 Å². The van der Waals surface area contributed by atoms with E-state index in [1.54, 1.807) is 0 Å². The molecule has 4 nitrogen and oxygen atoms in total. The topological polar surface area (TPSA) is 47.6 Å². The number of nitrogens with one attached hydrogen (secondary N) is 1. The first kappa shape index (κ1) is 10.3. The number of thioether (sulfide) groups is 1. The van der Waals surface area contributed by atoms with Gasteiger partial charge in [0.2, 0.25) is 0 Å². The standard InChI is InChI=1S/C9H15NO3S/c11-9-10-5-7(6-14-9)13-8-3-1-2-4-12-8/h7-8H,1-6H2,(H,10,11). The minimum absolute atomic E-state index is 0.0504. The van der Waals surface area contributed by atoms with E-state index in [2.05, 4.69) is 5.32 Å². The van der Waals surface area contributed by atoms with Crippen LogP contribution in [0.5, 0.6) is 0 Å². The molecule has 2 rings (SSSR count). The minimum atomic E-state index is -0.0515. The molecule has 0 aromatic carbocycles. The van der Waals surface area contributed by atoms with Crippen LogP contribution in [0.15, 0.2) is 0 Å². The largest absolute Gasteiger partial charge is 0.353 e.